The summed E-state index contributed by atoms with van der Waals surface area (Å²) in [6.45, 7) is 2.38. The largest absolute Gasteiger partial charge is 0.497 e. The number of ether oxygens (including phenoxy) is 1. The van der Waals surface area contributed by atoms with Gasteiger partial charge in [-0.05, 0) is 85.3 Å². The minimum atomic E-state index is -0.510. The molecule has 4 aliphatic rings. The van der Waals surface area contributed by atoms with Crippen molar-refractivity contribution in [3.8, 4) is 5.75 Å². The van der Waals surface area contributed by atoms with Gasteiger partial charge in [0.15, 0.2) is 5.02 Å². The fourth-order valence-corrected chi connectivity index (χ4v) is 8.11. The molecule has 10 nitrogen and oxygen atoms in total. The summed E-state index contributed by atoms with van der Waals surface area (Å²) in [6.07, 6.45) is 9.73. The van der Waals surface area contributed by atoms with Crippen LogP contribution in [-0.2, 0) is 16.9 Å². The molecule has 1 amide bonds. The third-order valence-corrected chi connectivity index (χ3v) is 9.17. The minimum absolute atomic E-state index is 0.0239. The van der Waals surface area contributed by atoms with Crippen molar-refractivity contribution in [2.24, 2.45) is 17.3 Å². The smallest absolute Gasteiger partial charge is 0.408 e. The highest BCUT2D eigenvalue weighted by Crippen LogP contribution is 2.65. The lowest BCUT2D eigenvalue weighted by Crippen LogP contribution is -2.57. The van der Waals surface area contributed by atoms with Gasteiger partial charge in [0.25, 0.3) is 0 Å². The van der Waals surface area contributed by atoms with Gasteiger partial charge in [0, 0.05) is 12.6 Å². The molecule has 0 radical (unpaired) electrons. The summed E-state index contributed by atoms with van der Waals surface area (Å²) in [5.41, 5.74) is 1.89. The molecule has 3 aromatic rings. The molecule has 11 heteroatoms. The van der Waals surface area contributed by atoms with Gasteiger partial charge in [-0.25, -0.2) is 0 Å². The zero-order valence-corrected chi connectivity index (χ0v) is 22.3. The second kappa shape index (κ2) is 9.11. The van der Waals surface area contributed by atoms with E-state index < -0.39 is 4.92 Å². The Morgan fingerprint density at radius 1 is 1.29 bits per heavy atom. The third-order valence-electron chi connectivity index (χ3n) is 8.73. The minimum Gasteiger partial charge on any atom is -0.497 e. The lowest BCUT2D eigenvalue weighted by molar-refractivity contribution is -0.389. The molecular formula is C27H31ClN6O4. The molecular weight excluding hydrogens is 508 g/mol. The van der Waals surface area contributed by atoms with E-state index in [9.17, 15) is 14.9 Å². The number of nitrogens with zero attached hydrogens (tertiary/aromatic N) is 5. The van der Waals surface area contributed by atoms with E-state index in [-0.39, 0.29) is 27.7 Å². The number of nitrogens with one attached hydrogen (secondary N) is 1. The van der Waals surface area contributed by atoms with Crippen LogP contribution >= 0.6 is 11.6 Å². The molecule has 1 aromatic carbocycles. The molecule has 2 atom stereocenters. The number of rotatable bonds is 8. The Labute approximate surface area is 225 Å². The average Bonchev–Trinajstić information content (AvgIpc) is 3.41. The van der Waals surface area contributed by atoms with Crippen molar-refractivity contribution in [3.63, 3.8) is 0 Å². The average molecular weight is 539 g/mol. The standard InChI is InChI=1S/C27H31ClN6O4/c1-17-24(28)25(34(36)37)31-33(17)27-10-19-6-20(11-27)9-26(8-19,16-27)12-23(35)30-21-13-29-32(15-21)14-18-4-3-5-22(7-18)38-2/h3-5,7,13,15,19-20H,6,8-12,14,16H2,1-2H3,(H,30,35). The first-order valence-electron chi connectivity index (χ1n) is 13.0. The van der Waals surface area contributed by atoms with Gasteiger partial charge in [0.2, 0.25) is 5.91 Å². The summed E-state index contributed by atoms with van der Waals surface area (Å²) in [5, 5.41) is 23.5. The Kier molecular flexibility index (Phi) is 5.97. The second-order valence-corrected chi connectivity index (χ2v) is 12.0. The van der Waals surface area contributed by atoms with Crippen molar-refractivity contribution in [2.45, 2.75) is 64.0 Å². The lowest BCUT2D eigenvalue weighted by atomic mass is 9.46. The van der Waals surface area contributed by atoms with Crippen LogP contribution in [0.15, 0.2) is 36.7 Å². The van der Waals surface area contributed by atoms with Gasteiger partial charge in [0.1, 0.15) is 5.75 Å². The zero-order chi connectivity index (χ0) is 26.7. The number of anilines is 1. The maximum absolute atomic E-state index is 13.3. The molecule has 7 rings (SSSR count). The molecule has 4 bridgehead atoms. The van der Waals surface area contributed by atoms with Gasteiger partial charge < -0.3 is 20.2 Å². The number of carbonyl (C=O) groups is 1. The van der Waals surface area contributed by atoms with E-state index in [0.717, 1.165) is 49.8 Å². The summed E-state index contributed by atoms with van der Waals surface area (Å²) in [7, 11) is 1.64. The van der Waals surface area contributed by atoms with E-state index in [0.29, 0.717) is 36.2 Å². The first-order chi connectivity index (χ1) is 18.2. The first kappa shape index (κ1) is 24.9. The van der Waals surface area contributed by atoms with E-state index in [4.69, 9.17) is 16.3 Å². The molecule has 2 heterocycles. The summed E-state index contributed by atoms with van der Waals surface area (Å²) < 4.78 is 8.92. The summed E-state index contributed by atoms with van der Waals surface area (Å²) in [6, 6.07) is 7.81. The predicted molar refractivity (Wildman–Crippen MR) is 141 cm³/mol. The predicted octanol–water partition coefficient (Wildman–Crippen LogP) is 5.33. The quantitative estimate of drug-likeness (QED) is 0.306. The van der Waals surface area contributed by atoms with E-state index in [1.54, 1.807) is 18.0 Å². The molecule has 38 heavy (non-hydrogen) atoms. The van der Waals surface area contributed by atoms with Crippen molar-refractivity contribution in [1.82, 2.24) is 19.6 Å². The molecule has 0 saturated heterocycles. The van der Waals surface area contributed by atoms with Gasteiger partial charge in [-0.2, -0.15) is 9.78 Å². The molecule has 0 spiro atoms. The molecule has 4 fully saturated rings. The maximum Gasteiger partial charge on any atom is 0.408 e. The number of nitro groups is 1. The van der Waals surface area contributed by atoms with Crippen LogP contribution in [0.25, 0.3) is 0 Å². The molecule has 1 N–H and O–H groups in total. The Morgan fingerprint density at radius 3 is 2.74 bits per heavy atom. The van der Waals surface area contributed by atoms with Crippen LogP contribution in [0.1, 0.15) is 56.2 Å². The number of amides is 1. The fraction of sp³-hybridized carbons (Fsp3) is 0.519. The molecule has 200 valence electrons. The van der Waals surface area contributed by atoms with Gasteiger partial charge >= 0.3 is 5.82 Å². The summed E-state index contributed by atoms with van der Waals surface area (Å²) in [4.78, 5) is 24.3. The molecule has 4 saturated carbocycles. The van der Waals surface area contributed by atoms with Crippen LogP contribution in [0.4, 0.5) is 11.5 Å². The van der Waals surface area contributed by atoms with Crippen LogP contribution in [0.3, 0.4) is 0 Å². The van der Waals surface area contributed by atoms with E-state index in [1.165, 1.54) is 0 Å². The van der Waals surface area contributed by atoms with Crippen molar-refractivity contribution in [1.29, 1.82) is 0 Å². The van der Waals surface area contributed by atoms with Crippen LogP contribution in [-0.4, -0.2) is 37.5 Å². The number of aromatic nitrogens is 4. The van der Waals surface area contributed by atoms with Crippen molar-refractivity contribution in [3.05, 3.63) is 63.1 Å². The zero-order valence-electron chi connectivity index (χ0n) is 21.5. The van der Waals surface area contributed by atoms with Crippen LogP contribution in [0, 0.1) is 34.3 Å². The Bertz CT molecular complexity index is 1400. The number of hydrogen-bond acceptors (Lipinski definition) is 6. The van der Waals surface area contributed by atoms with Crippen molar-refractivity contribution >= 4 is 29.0 Å². The van der Waals surface area contributed by atoms with Crippen molar-refractivity contribution < 1.29 is 14.5 Å². The Balaban J connectivity index is 1.18. The Hall–Kier alpha value is -3.40. The normalized spacial score (nSPS) is 27.4. The van der Waals surface area contributed by atoms with Gasteiger partial charge in [-0.3, -0.25) is 9.48 Å². The summed E-state index contributed by atoms with van der Waals surface area (Å²) in [5.74, 6) is 1.45. The highest BCUT2D eigenvalue weighted by Gasteiger charge is 2.60. The SMILES string of the molecule is COc1cccc(Cn2cc(NC(=O)CC34CC5CC(C3)CC(n3nc([N+](=O)[O-])c(Cl)c3C)(C5)C4)cn2)c1. The topological polar surface area (TPSA) is 117 Å². The number of carbonyl (C=O) groups excluding carboxylic acids is 1. The van der Waals surface area contributed by atoms with Crippen LogP contribution in [0.2, 0.25) is 5.02 Å². The fourth-order valence-electron chi connectivity index (χ4n) is 7.92. The highest BCUT2D eigenvalue weighted by molar-refractivity contribution is 6.33. The number of methoxy groups -OCH3 is 1. The highest BCUT2D eigenvalue weighted by atomic mass is 35.5. The number of hydrogen-bond donors (Lipinski definition) is 1. The lowest BCUT2D eigenvalue weighted by Gasteiger charge is -2.61. The van der Waals surface area contributed by atoms with Crippen LogP contribution < -0.4 is 10.1 Å². The second-order valence-electron chi connectivity index (χ2n) is 11.6. The van der Waals surface area contributed by atoms with Crippen LogP contribution in [0.5, 0.6) is 5.75 Å². The van der Waals surface area contributed by atoms with Crippen molar-refractivity contribution in [2.75, 3.05) is 12.4 Å². The summed E-state index contributed by atoms with van der Waals surface area (Å²) >= 11 is 6.32. The molecule has 4 aliphatic carbocycles. The van der Waals surface area contributed by atoms with Gasteiger partial charge in [-0.15, -0.1) is 0 Å². The molecule has 2 unspecified atom stereocenters. The number of halogens is 1. The Morgan fingerprint density at radius 2 is 2.05 bits per heavy atom. The number of benzene rings is 1. The molecule has 2 aromatic heterocycles. The third kappa shape index (κ3) is 4.34. The van der Waals surface area contributed by atoms with Gasteiger partial charge in [-0.1, -0.05) is 23.7 Å². The van der Waals surface area contributed by atoms with Gasteiger partial charge in [0.05, 0.1) is 41.9 Å². The van der Waals surface area contributed by atoms with E-state index >= 15 is 0 Å². The molecule has 0 aliphatic heterocycles. The monoisotopic (exact) mass is 538 g/mol. The maximum atomic E-state index is 13.3. The van der Waals surface area contributed by atoms with E-state index in [1.807, 2.05) is 42.1 Å². The van der Waals surface area contributed by atoms with E-state index in [2.05, 4.69) is 15.5 Å². The first-order valence-corrected chi connectivity index (χ1v) is 13.4.